The lowest BCUT2D eigenvalue weighted by atomic mass is 10.1. The minimum absolute atomic E-state index is 0.0300. The Bertz CT molecular complexity index is 897. The van der Waals surface area contributed by atoms with Gasteiger partial charge in [-0.2, -0.15) is 0 Å². The smallest absolute Gasteiger partial charge is 0.260 e. The molecule has 1 aromatic carbocycles. The fourth-order valence-corrected chi connectivity index (χ4v) is 2.88. The standard InChI is InChI=1S/C19H22N2O2/c1-13(2)5-4-10-23-14-6-7-16-15-8-9-20-12-17(15)19(22)21(3)18(16)11-14/h6-9,11-13H,4-5,10H2,1-3H3. The van der Waals surface area contributed by atoms with Gasteiger partial charge in [-0.25, -0.2) is 0 Å². The molecule has 0 spiro atoms. The number of rotatable bonds is 5. The quantitative estimate of drug-likeness (QED) is 0.530. The summed E-state index contributed by atoms with van der Waals surface area (Å²) in [5.41, 5.74) is 0.854. The lowest BCUT2D eigenvalue weighted by Gasteiger charge is -2.12. The average Bonchev–Trinajstić information content (AvgIpc) is 2.56. The first-order valence-electron chi connectivity index (χ1n) is 8.07. The Morgan fingerprint density at radius 2 is 2.00 bits per heavy atom. The van der Waals surface area contributed by atoms with E-state index in [9.17, 15) is 4.79 Å². The van der Waals surface area contributed by atoms with Gasteiger partial charge in [-0.1, -0.05) is 13.8 Å². The second-order valence-corrected chi connectivity index (χ2v) is 6.35. The Balaban J connectivity index is 1.98. The Morgan fingerprint density at radius 3 is 2.78 bits per heavy atom. The molecule has 0 amide bonds. The molecule has 4 heteroatoms. The van der Waals surface area contributed by atoms with E-state index in [4.69, 9.17) is 4.74 Å². The summed E-state index contributed by atoms with van der Waals surface area (Å²) in [6, 6.07) is 7.84. The first kappa shape index (κ1) is 15.5. The van der Waals surface area contributed by atoms with Crippen molar-refractivity contribution in [2.75, 3.05) is 6.61 Å². The Hall–Kier alpha value is -2.36. The van der Waals surface area contributed by atoms with Crippen LogP contribution >= 0.6 is 0 Å². The summed E-state index contributed by atoms with van der Waals surface area (Å²) in [5, 5.41) is 2.62. The third-order valence-corrected chi connectivity index (χ3v) is 4.17. The third kappa shape index (κ3) is 3.07. The number of nitrogens with zero attached hydrogens (tertiary/aromatic N) is 2. The average molecular weight is 310 g/mol. The van der Waals surface area contributed by atoms with E-state index in [1.165, 1.54) is 0 Å². The molecule has 0 atom stereocenters. The lowest BCUT2D eigenvalue weighted by Crippen LogP contribution is -2.17. The summed E-state index contributed by atoms with van der Waals surface area (Å²) in [6.07, 6.45) is 5.55. The van der Waals surface area contributed by atoms with Crippen molar-refractivity contribution in [3.8, 4) is 5.75 Å². The molecule has 3 rings (SSSR count). The fraction of sp³-hybridized carbons (Fsp3) is 0.368. The van der Waals surface area contributed by atoms with Gasteiger partial charge in [0.05, 0.1) is 17.5 Å². The summed E-state index contributed by atoms with van der Waals surface area (Å²) >= 11 is 0. The van der Waals surface area contributed by atoms with Gasteiger partial charge in [0.1, 0.15) is 5.75 Å². The minimum Gasteiger partial charge on any atom is -0.494 e. The highest BCUT2D eigenvalue weighted by molar-refractivity contribution is 6.05. The maximum Gasteiger partial charge on any atom is 0.260 e. The number of fused-ring (bicyclic) bond motifs is 3. The number of aromatic nitrogens is 2. The van der Waals surface area contributed by atoms with E-state index in [0.29, 0.717) is 17.9 Å². The molecule has 3 aromatic rings. The van der Waals surface area contributed by atoms with Crippen molar-refractivity contribution in [1.29, 1.82) is 0 Å². The zero-order chi connectivity index (χ0) is 16.4. The SMILES string of the molecule is CC(C)CCCOc1ccc2c3ccncc3c(=O)n(C)c2c1. The van der Waals surface area contributed by atoms with Crippen molar-refractivity contribution in [3.05, 3.63) is 47.0 Å². The predicted octanol–water partition coefficient (Wildman–Crippen LogP) is 3.90. The van der Waals surface area contributed by atoms with Crippen LogP contribution in [0.3, 0.4) is 0 Å². The van der Waals surface area contributed by atoms with Crippen molar-refractivity contribution in [2.45, 2.75) is 26.7 Å². The minimum atomic E-state index is -0.0300. The molecule has 2 aromatic heterocycles. The van der Waals surface area contributed by atoms with Crippen LogP contribution in [0.15, 0.2) is 41.5 Å². The molecule has 0 fully saturated rings. The molecular weight excluding hydrogens is 288 g/mol. The zero-order valence-electron chi connectivity index (χ0n) is 13.9. The number of hydrogen-bond acceptors (Lipinski definition) is 3. The van der Waals surface area contributed by atoms with Crippen molar-refractivity contribution in [1.82, 2.24) is 9.55 Å². The van der Waals surface area contributed by atoms with Crippen molar-refractivity contribution < 1.29 is 4.74 Å². The van der Waals surface area contributed by atoms with Crippen LogP contribution < -0.4 is 10.3 Å². The monoisotopic (exact) mass is 310 g/mol. The van der Waals surface area contributed by atoms with Gasteiger partial charge in [0.25, 0.3) is 5.56 Å². The number of pyridine rings is 2. The van der Waals surface area contributed by atoms with E-state index in [-0.39, 0.29) is 5.56 Å². The molecule has 120 valence electrons. The number of hydrogen-bond donors (Lipinski definition) is 0. The van der Waals surface area contributed by atoms with Gasteiger partial charge in [-0.15, -0.1) is 0 Å². The maximum absolute atomic E-state index is 12.5. The van der Waals surface area contributed by atoms with Crippen LogP contribution in [-0.4, -0.2) is 16.2 Å². The highest BCUT2D eigenvalue weighted by atomic mass is 16.5. The molecular formula is C19H22N2O2. The van der Waals surface area contributed by atoms with Gasteiger partial charge in [-0.3, -0.25) is 9.78 Å². The van der Waals surface area contributed by atoms with Crippen LogP contribution in [0.4, 0.5) is 0 Å². The molecule has 2 heterocycles. The molecule has 0 saturated carbocycles. The summed E-state index contributed by atoms with van der Waals surface area (Å²) < 4.78 is 7.51. The molecule has 0 unspecified atom stereocenters. The lowest BCUT2D eigenvalue weighted by molar-refractivity contribution is 0.298. The van der Waals surface area contributed by atoms with E-state index in [1.54, 1.807) is 24.0 Å². The number of benzene rings is 1. The van der Waals surface area contributed by atoms with Gasteiger partial charge in [0, 0.05) is 30.9 Å². The van der Waals surface area contributed by atoms with Crippen LogP contribution in [0.5, 0.6) is 5.75 Å². The second-order valence-electron chi connectivity index (χ2n) is 6.35. The second kappa shape index (κ2) is 6.41. The Morgan fingerprint density at radius 1 is 1.17 bits per heavy atom. The molecule has 0 radical (unpaired) electrons. The molecule has 0 saturated heterocycles. The topological polar surface area (TPSA) is 44.1 Å². The molecule has 4 nitrogen and oxygen atoms in total. The van der Waals surface area contributed by atoms with Crippen molar-refractivity contribution in [3.63, 3.8) is 0 Å². The van der Waals surface area contributed by atoms with Crippen LogP contribution in [0.2, 0.25) is 0 Å². The van der Waals surface area contributed by atoms with Crippen molar-refractivity contribution >= 4 is 21.7 Å². The number of aryl methyl sites for hydroxylation is 1. The molecule has 0 N–H and O–H groups in total. The van der Waals surface area contributed by atoms with Gasteiger partial charge in [0.15, 0.2) is 0 Å². The maximum atomic E-state index is 12.5. The highest BCUT2D eigenvalue weighted by Crippen LogP contribution is 2.25. The highest BCUT2D eigenvalue weighted by Gasteiger charge is 2.09. The van der Waals surface area contributed by atoms with Crippen LogP contribution in [0, 0.1) is 5.92 Å². The first-order valence-corrected chi connectivity index (χ1v) is 8.07. The molecule has 0 aliphatic heterocycles. The Labute approximate surface area is 135 Å². The van der Waals surface area contributed by atoms with E-state index in [0.717, 1.165) is 34.9 Å². The van der Waals surface area contributed by atoms with E-state index < -0.39 is 0 Å². The van der Waals surface area contributed by atoms with E-state index in [2.05, 4.69) is 18.8 Å². The first-order chi connectivity index (χ1) is 11.1. The third-order valence-electron chi connectivity index (χ3n) is 4.17. The molecule has 0 bridgehead atoms. The molecule has 23 heavy (non-hydrogen) atoms. The largest absolute Gasteiger partial charge is 0.494 e. The summed E-state index contributed by atoms with van der Waals surface area (Å²) in [6.45, 7) is 5.13. The van der Waals surface area contributed by atoms with Gasteiger partial charge in [0.2, 0.25) is 0 Å². The van der Waals surface area contributed by atoms with Gasteiger partial charge >= 0.3 is 0 Å². The summed E-state index contributed by atoms with van der Waals surface area (Å²) in [5.74, 6) is 1.50. The van der Waals surface area contributed by atoms with E-state index in [1.807, 2.05) is 24.3 Å². The summed E-state index contributed by atoms with van der Waals surface area (Å²) in [4.78, 5) is 16.5. The fourth-order valence-electron chi connectivity index (χ4n) is 2.88. The van der Waals surface area contributed by atoms with Crippen molar-refractivity contribution in [2.24, 2.45) is 13.0 Å². The normalized spacial score (nSPS) is 11.5. The summed E-state index contributed by atoms with van der Waals surface area (Å²) in [7, 11) is 1.79. The van der Waals surface area contributed by atoms with Gasteiger partial charge in [-0.05, 0) is 42.3 Å². The van der Waals surface area contributed by atoms with Gasteiger partial charge < -0.3 is 9.30 Å². The zero-order valence-corrected chi connectivity index (χ0v) is 13.9. The molecule has 0 aliphatic carbocycles. The Kier molecular flexibility index (Phi) is 4.33. The molecule has 0 aliphatic rings. The predicted molar refractivity (Wildman–Crippen MR) is 94.1 cm³/mol. The van der Waals surface area contributed by atoms with Crippen LogP contribution in [0.1, 0.15) is 26.7 Å². The van der Waals surface area contributed by atoms with E-state index >= 15 is 0 Å². The number of ether oxygens (including phenoxy) is 1. The van der Waals surface area contributed by atoms with Crippen LogP contribution in [0.25, 0.3) is 21.7 Å². The van der Waals surface area contributed by atoms with Crippen LogP contribution in [-0.2, 0) is 7.05 Å².